The third-order valence-corrected chi connectivity index (χ3v) is 3.42. The number of rotatable bonds is 1. The van der Waals surface area contributed by atoms with Crippen molar-refractivity contribution in [2.24, 2.45) is 0 Å². The van der Waals surface area contributed by atoms with E-state index in [-0.39, 0.29) is 0 Å². The van der Waals surface area contributed by atoms with Crippen molar-refractivity contribution in [1.29, 1.82) is 0 Å². The minimum Gasteiger partial charge on any atom is -0.366 e. The second-order valence-electron chi connectivity index (χ2n) is 3.82. The first-order valence-corrected chi connectivity index (χ1v) is 5.67. The summed E-state index contributed by atoms with van der Waals surface area (Å²) in [5, 5.41) is 3.88. The smallest absolute Gasteiger partial charge is 0.168 e. The number of hydrogen-bond acceptors (Lipinski definition) is 2. The second-order valence-corrected chi connectivity index (χ2v) is 4.21. The highest BCUT2D eigenvalue weighted by molar-refractivity contribution is 7.80. The van der Waals surface area contributed by atoms with Crippen LogP contribution in [0.3, 0.4) is 0 Å². The van der Waals surface area contributed by atoms with Gasteiger partial charge in [0.2, 0.25) is 0 Å². The van der Waals surface area contributed by atoms with Crippen molar-refractivity contribution >= 4 is 17.3 Å². The summed E-state index contributed by atoms with van der Waals surface area (Å²) >= 11 is 5.21. The average molecular weight is 224 g/mol. The van der Waals surface area contributed by atoms with Crippen molar-refractivity contribution in [2.45, 2.75) is 18.8 Å². The molecule has 1 aromatic heterocycles. The van der Waals surface area contributed by atoms with Crippen LogP contribution in [0.1, 0.15) is 24.5 Å². The van der Waals surface area contributed by atoms with Gasteiger partial charge in [-0.15, -0.1) is 0 Å². The van der Waals surface area contributed by atoms with Crippen LogP contribution >= 0.6 is 12.2 Å². The highest BCUT2D eigenvalue weighted by atomic mass is 32.1. The molecule has 2 rings (SSSR count). The number of piperidine rings is 1. The average Bonchev–Trinajstić information content (AvgIpc) is 2.82. The topological polar surface area (TPSA) is 44.0 Å². The normalized spacial score (nSPS) is 17.8. The van der Waals surface area contributed by atoms with Gasteiger partial charge in [-0.1, -0.05) is 0 Å². The lowest BCUT2D eigenvalue weighted by Crippen LogP contribution is -2.42. The second kappa shape index (κ2) is 4.61. The van der Waals surface area contributed by atoms with Crippen molar-refractivity contribution in [3.05, 3.63) is 18.2 Å². The fourth-order valence-electron chi connectivity index (χ4n) is 2.04. The van der Waals surface area contributed by atoms with E-state index in [0.717, 1.165) is 31.0 Å². The summed E-state index contributed by atoms with van der Waals surface area (Å²) < 4.78 is 0. The number of aromatic nitrogens is 2. The Morgan fingerprint density at radius 1 is 1.60 bits per heavy atom. The van der Waals surface area contributed by atoms with E-state index in [0.29, 0.717) is 5.92 Å². The largest absolute Gasteiger partial charge is 0.366 e. The number of likely N-dealkylation sites (tertiary alicyclic amines) is 1. The van der Waals surface area contributed by atoms with Crippen LogP contribution < -0.4 is 5.32 Å². The van der Waals surface area contributed by atoms with Gasteiger partial charge in [-0.2, -0.15) is 0 Å². The third kappa shape index (κ3) is 2.28. The van der Waals surface area contributed by atoms with Crippen LogP contribution in [0.4, 0.5) is 0 Å². The molecule has 5 heteroatoms. The van der Waals surface area contributed by atoms with E-state index in [1.54, 1.807) is 6.33 Å². The van der Waals surface area contributed by atoms with Crippen LogP contribution in [-0.2, 0) is 0 Å². The molecule has 0 radical (unpaired) electrons. The highest BCUT2D eigenvalue weighted by Gasteiger charge is 2.22. The first-order valence-electron chi connectivity index (χ1n) is 5.26. The number of aromatic amines is 1. The van der Waals surface area contributed by atoms with E-state index in [1.807, 2.05) is 13.2 Å². The summed E-state index contributed by atoms with van der Waals surface area (Å²) in [6.45, 7) is 2.06. The standard InChI is InChI=1S/C10H16N4S/c1-11-10(15)14-4-2-8(3-5-14)9-6-12-7-13-9/h6-8H,2-5H2,1H3,(H,11,15)(H,12,13). The maximum atomic E-state index is 5.21. The lowest BCUT2D eigenvalue weighted by atomic mass is 9.94. The number of imidazole rings is 1. The van der Waals surface area contributed by atoms with E-state index in [2.05, 4.69) is 20.2 Å². The molecule has 0 saturated carbocycles. The first-order chi connectivity index (χ1) is 7.31. The zero-order valence-electron chi connectivity index (χ0n) is 8.86. The number of hydrogen-bond donors (Lipinski definition) is 2. The summed E-state index contributed by atoms with van der Waals surface area (Å²) in [6, 6.07) is 0. The maximum Gasteiger partial charge on any atom is 0.168 e. The first kappa shape index (κ1) is 10.4. The lowest BCUT2D eigenvalue weighted by molar-refractivity contribution is 0.309. The Morgan fingerprint density at radius 2 is 2.33 bits per heavy atom. The Morgan fingerprint density at radius 3 is 2.87 bits per heavy atom. The number of nitrogens with one attached hydrogen (secondary N) is 2. The van der Waals surface area contributed by atoms with Gasteiger partial charge in [-0.05, 0) is 25.1 Å². The zero-order valence-corrected chi connectivity index (χ0v) is 9.68. The van der Waals surface area contributed by atoms with E-state index in [9.17, 15) is 0 Å². The molecule has 4 nitrogen and oxygen atoms in total. The predicted octanol–water partition coefficient (Wildman–Crippen LogP) is 1.09. The Bertz CT molecular complexity index is 314. The van der Waals surface area contributed by atoms with E-state index in [4.69, 9.17) is 12.2 Å². The SMILES string of the molecule is CNC(=S)N1CCC(c2cnc[nH]2)CC1. The molecule has 1 aromatic rings. The molecule has 1 saturated heterocycles. The Kier molecular flexibility index (Phi) is 3.20. The van der Waals surface area contributed by atoms with Crippen LogP contribution in [0.2, 0.25) is 0 Å². The van der Waals surface area contributed by atoms with Crippen molar-refractivity contribution in [1.82, 2.24) is 20.2 Å². The van der Waals surface area contributed by atoms with Crippen molar-refractivity contribution in [2.75, 3.05) is 20.1 Å². The van der Waals surface area contributed by atoms with Gasteiger partial charge >= 0.3 is 0 Å². The molecule has 15 heavy (non-hydrogen) atoms. The summed E-state index contributed by atoms with van der Waals surface area (Å²) in [5.74, 6) is 0.614. The van der Waals surface area contributed by atoms with E-state index >= 15 is 0 Å². The lowest BCUT2D eigenvalue weighted by Gasteiger charge is -2.32. The van der Waals surface area contributed by atoms with Gasteiger partial charge in [0.15, 0.2) is 5.11 Å². The van der Waals surface area contributed by atoms with Gasteiger partial charge in [0.1, 0.15) is 0 Å². The molecular formula is C10H16N4S. The number of nitrogens with zero attached hydrogens (tertiary/aromatic N) is 2. The molecule has 0 amide bonds. The zero-order chi connectivity index (χ0) is 10.7. The summed E-state index contributed by atoms with van der Waals surface area (Å²) in [6.07, 6.45) is 5.96. The van der Waals surface area contributed by atoms with Crippen molar-refractivity contribution in [3.63, 3.8) is 0 Å². The highest BCUT2D eigenvalue weighted by Crippen LogP contribution is 2.25. The number of thiocarbonyl (C=S) groups is 1. The van der Waals surface area contributed by atoms with Crippen LogP contribution in [0.5, 0.6) is 0 Å². The van der Waals surface area contributed by atoms with Gasteiger partial charge in [0.05, 0.1) is 6.33 Å². The molecule has 82 valence electrons. The molecular weight excluding hydrogens is 208 g/mol. The maximum absolute atomic E-state index is 5.21. The summed E-state index contributed by atoms with van der Waals surface area (Å²) in [4.78, 5) is 9.47. The molecule has 0 bridgehead atoms. The molecule has 2 N–H and O–H groups in total. The fourth-order valence-corrected chi connectivity index (χ4v) is 2.22. The Balaban J connectivity index is 1.90. The molecule has 2 heterocycles. The molecule has 0 atom stereocenters. The van der Waals surface area contributed by atoms with Crippen molar-refractivity contribution in [3.8, 4) is 0 Å². The molecule has 1 fully saturated rings. The van der Waals surface area contributed by atoms with Crippen LogP contribution in [0, 0.1) is 0 Å². The monoisotopic (exact) mass is 224 g/mol. The van der Waals surface area contributed by atoms with Gasteiger partial charge in [-0.25, -0.2) is 4.98 Å². The predicted molar refractivity (Wildman–Crippen MR) is 63.8 cm³/mol. The quantitative estimate of drug-likeness (QED) is 0.701. The molecule has 1 aliphatic heterocycles. The van der Waals surface area contributed by atoms with E-state index in [1.165, 1.54) is 5.69 Å². The minimum atomic E-state index is 0.614. The molecule has 1 aliphatic rings. The van der Waals surface area contributed by atoms with Crippen LogP contribution in [0.15, 0.2) is 12.5 Å². The van der Waals surface area contributed by atoms with Crippen LogP contribution in [0.25, 0.3) is 0 Å². The van der Waals surface area contributed by atoms with Gasteiger partial charge in [0.25, 0.3) is 0 Å². The molecule has 0 aromatic carbocycles. The molecule has 0 unspecified atom stereocenters. The Labute approximate surface area is 95.1 Å². The molecule has 0 aliphatic carbocycles. The van der Waals surface area contributed by atoms with Crippen LogP contribution in [-0.4, -0.2) is 40.1 Å². The van der Waals surface area contributed by atoms with Crippen molar-refractivity contribution < 1.29 is 0 Å². The van der Waals surface area contributed by atoms with E-state index < -0.39 is 0 Å². The summed E-state index contributed by atoms with van der Waals surface area (Å²) in [5.41, 5.74) is 1.25. The van der Waals surface area contributed by atoms with Gasteiger partial charge in [-0.3, -0.25) is 0 Å². The fraction of sp³-hybridized carbons (Fsp3) is 0.600. The molecule has 0 spiro atoms. The summed E-state index contributed by atoms with van der Waals surface area (Å²) in [7, 11) is 1.88. The Hall–Kier alpha value is -1.10. The van der Waals surface area contributed by atoms with Gasteiger partial charge < -0.3 is 15.2 Å². The third-order valence-electron chi connectivity index (χ3n) is 2.96. The number of H-pyrrole nitrogens is 1. The minimum absolute atomic E-state index is 0.614. The van der Waals surface area contributed by atoms with Gasteiger partial charge in [0, 0.05) is 37.9 Å².